The Morgan fingerprint density at radius 1 is 0.792 bits per heavy atom. The second-order valence-electron chi connectivity index (χ2n) is 6.08. The highest BCUT2D eigenvalue weighted by Crippen LogP contribution is 2.11. The first kappa shape index (κ1) is 22.6. The maximum Gasteiger partial charge on any atom is 0.327 e. The first-order chi connectivity index (χ1) is 11.6. The number of nitrogens with two attached hydrogens (primary N) is 1. The van der Waals surface area contributed by atoms with Crippen LogP contribution in [0.3, 0.4) is 0 Å². The SMILES string of the molecule is CCCCNC(=O)CCCCCCCCCCC(=O)OC(=O)CN. The average Bonchev–Trinajstić information content (AvgIpc) is 2.56. The van der Waals surface area contributed by atoms with Crippen LogP contribution in [0.5, 0.6) is 0 Å². The third-order valence-corrected chi connectivity index (χ3v) is 3.78. The molecular weight excluding hydrogens is 308 g/mol. The molecule has 1 amide bonds. The summed E-state index contributed by atoms with van der Waals surface area (Å²) in [6, 6.07) is 0. The topological polar surface area (TPSA) is 98.5 Å². The Kier molecular flexibility index (Phi) is 15.4. The molecule has 0 unspecified atom stereocenters. The van der Waals surface area contributed by atoms with Gasteiger partial charge in [0.25, 0.3) is 0 Å². The number of esters is 2. The first-order valence-corrected chi connectivity index (χ1v) is 9.30. The van der Waals surface area contributed by atoms with E-state index >= 15 is 0 Å². The number of hydrogen-bond donors (Lipinski definition) is 2. The van der Waals surface area contributed by atoms with Gasteiger partial charge in [0.05, 0.1) is 6.54 Å². The molecule has 0 atom stereocenters. The summed E-state index contributed by atoms with van der Waals surface area (Å²) in [7, 11) is 0. The van der Waals surface area contributed by atoms with Crippen molar-refractivity contribution in [3.05, 3.63) is 0 Å². The second kappa shape index (κ2) is 16.4. The molecule has 140 valence electrons. The Labute approximate surface area is 145 Å². The van der Waals surface area contributed by atoms with Gasteiger partial charge in [0, 0.05) is 19.4 Å². The average molecular weight is 342 g/mol. The molecule has 0 aromatic heterocycles. The molecule has 0 rings (SSSR count). The van der Waals surface area contributed by atoms with Crippen molar-refractivity contribution >= 4 is 17.8 Å². The van der Waals surface area contributed by atoms with Crippen LogP contribution in [0, 0.1) is 0 Å². The smallest absolute Gasteiger partial charge is 0.327 e. The van der Waals surface area contributed by atoms with Gasteiger partial charge in [0.2, 0.25) is 5.91 Å². The van der Waals surface area contributed by atoms with Crippen molar-refractivity contribution in [3.8, 4) is 0 Å². The zero-order chi connectivity index (χ0) is 18.0. The molecule has 0 radical (unpaired) electrons. The van der Waals surface area contributed by atoms with E-state index < -0.39 is 11.9 Å². The molecule has 0 aliphatic rings. The summed E-state index contributed by atoms with van der Waals surface area (Å²) in [5.74, 6) is -0.981. The van der Waals surface area contributed by atoms with Gasteiger partial charge in [-0.2, -0.15) is 0 Å². The van der Waals surface area contributed by atoms with Gasteiger partial charge in [-0.1, -0.05) is 51.9 Å². The van der Waals surface area contributed by atoms with Crippen LogP contribution in [0.2, 0.25) is 0 Å². The Hall–Kier alpha value is -1.43. The predicted molar refractivity (Wildman–Crippen MR) is 94.2 cm³/mol. The largest absolute Gasteiger partial charge is 0.392 e. The van der Waals surface area contributed by atoms with E-state index in [9.17, 15) is 14.4 Å². The zero-order valence-electron chi connectivity index (χ0n) is 15.1. The van der Waals surface area contributed by atoms with Crippen molar-refractivity contribution in [1.82, 2.24) is 5.32 Å². The Morgan fingerprint density at radius 3 is 1.88 bits per heavy atom. The van der Waals surface area contributed by atoms with Crippen LogP contribution in [0.4, 0.5) is 0 Å². The quantitative estimate of drug-likeness (QED) is 0.271. The molecule has 0 bridgehead atoms. The molecule has 0 aliphatic heterocycles. The number of carbonyl (C=O) groups excluding carboxylic acids is 3. The van der Waals surface area contributed by atoms with Crippen molar-refractivity contribution in [2.45, 2.75) is 84.0 Å². The molecule has 0 aromatic rings. The van der Waals surface area contributed by atoms with E-state index in [0.29, 0.717) is 6.42 Å². The summed E-state index contributed by atoms with van der Waals surface area (Å²) in [6.07, 6.45) is 11.3. The van der Waals surface area contributed by atoms with Gasteiger partial charge in [-0.05, 0) is 19.3 Å². The van der Waals surface area contributed by atoms with Crippen LogP contribution in [0.15, 0.2) is 0 Å². The van der Waals surface area contributed by atoms with Crippen molar-refractivity contribution in [1.29, 1.82) is 0 Å². The summed E-state index contributed by atoms with van der Waals surface area (Å²) < 4.78 is 4.49. The van der Waals surface area contributed by atoms with Gasteiger partial charge in [0.15, 0.2) is 0 Å². The number of hydrogen-bond acceptors (Lipinski definition) is 5. The number of nitrogens with one attached hydrogen (secondary N) is 1. The van der Waals surface area contributed by atoms with E-state index in [1.54, 1.807) is 0 Å². The molecular formula is C18H34N2O4. The van der Waals surface area contributed by atoms with Gasteiger partial charge in [-0.3, -0.25) is 14.4 Å². The van der Waals surface area contributed by atoms with E-state index in [-0.39, 0.29) is 18.9 Å². The number of ether oxygens (including phenoxy) is 1. The fourth-order valence-corrected chi connectivity index (χ4v) is 2.33. The van der Waals surface area contributed by atoms with Gasteiger partial charge in [-0.25, -0.2) is 0 Å². The summed E-state index contributed by atoms with van der Waals surface area (Å²) in [5, 5.41) is 2.93. The maximum absolute atomic E-state index is 11.5. The van der Waals surface area contributed by atoms with Crippen LogP contribution < -0.4 is 11.1 Å². The second-order valence-corrected chi connectivity index (χ2v) is 6.08. The fraction of sp³-hybridized carbons (Fsp3) is 0.833. The molecule has 0 saturated carbocycles. The van der Waals surface area contributed by atoms with E-state index in [2.05, 4.69) is 17.0 Å². The third-order valence-electron chi connectivity index (χ3n) is 3.78. The van der Waals surface area contributed by atoms with E-state index in [1.807, 2.05) is 0 Å². The lowest BCUT2D eigenvalue weighted by molar-refractivity contribution is -0.158. The van der Waals surface area contributed by atoms with Crippen LogP contribution in [0.1, 0.15) is 84.0 Å². The standard InChI is InChI=1S/C18H34N2O4/c1-2-3-14-20-16(21)12-10-8-6-4-5-7-9-11-13-17(22)24-18(23)15-19/h2-15,19H2,1H3,(H,20,21). The minimum Gasteiger partial charge on any atom is -0.392 e. The van der Waals surface area contributed by atoms with Crippen LogP contribution >= 0.6 is 0 Å². The Bertz CT molecular complexity index is 359. The molecule has 0 spiro atoms. The van der Waals surface area contributed by atoms with Crippen molar-refractivity contribution in [2.75, 3.05) is 13.1 Å². The highest BCUT2D eigenvalue weighted by molar-refractivity contribution is 5.86. The molecule has 0 aliphatic carbocycles. The van der Waals surface area contributed by atoms with Gasteiger partial charge in [-0.15, -0.1) is 0 Å². The third kappa shape index (κ3) is 15.5. The van der Waals surface area contributed by atoms with Gasteiger partial charge < -0.3 is 15.8 Å². The molecule has 3 N–H and O–H groups in total. The molecule has 0 aromatic carbocycles. The number of rotatable bonds is 15. The van der Waals surface area contributed by atoms with Gasteiger partial charge >= 0.3 is 11.9 Å². The van der Waals surface area contributed by atoms with E-state index in [4.69, 9.17) is 5.73 Å². The summed E-state index contributed by atoms with van der Waals surface area (Å²) in [5.41, 5.74) is 5.06. The van der Waals surface area contributed by atoms with E-state index in [0.717, 1.165) is 70.8 Å². The van der Waals surface area contributed by atoms with E-state index in [1.165, 1.54) is 0 Å². The zero-order valence-corrected chi connectivity index (χ0v) is 15.1. The number of amides is 1. The summed E-state index contributed by atoms with van der Waals surface area (Å²) in [6.45, 7) is 2.65. The van der Waals surface area contributed by atoms with Crippen molar-refractivity contribution < 1.29 is 19.1 Å². The Morgan fingerprint density at radius 2 is 1.33 bits per heavy atom. The van der Waals surface area contributed by atoms with Crippen molar-refractivity contribution in [2.24, 2.45) is 5.73 Å². The summed E-state index contributed by atoms with van der Waals surface area (Å²) >= 11 is 0. The maximum atomic E-state index is 11.5. The predicted octanol–water partition coefficient (Wildman–Crippen LogP) is 2.83. The first-order valence-electron chi connectivity index (χ1n) is 9.30. The minimum absolute atomic E-state index is 0.170. The highest BCUT2D eigenvalue weighted by atomic mass is 16.6. The molecule has 0 heterocycles. The molecule has 6 heteroatoms. The Balaban J connectivity index is 3.27. The number of carbonyl (C=O) groups is 3. The minimum atomic E-state index is -0.668. The number of unbranched alkanes of at least 4 members (excludes halogenated alkanes) is 8. The van der Waals surface area contributed by atoms with Crippen LogP contribution in [-0.2, 0) is 19.1 Å². The lowest BCUT2D eigenvalue weighted by Crippen LogP contribution is -2.23. The lowest BCUT2D eigenvalue weighted by Gasteiger charge is -2.04. The lowest BCUT2D eigenvalue weighted by atomic mass is 10.1. The molecule has 0 fully saturated rings. The molecule has 6 nitrogen and oxygen atoms in total. The highest BCUT2D eigenvalue weighted by Gasteiger charge is 2.07. The van der Waals surface area contributed by atoms with Crippen LogP contribution in [-0.4, -0.2) is 30.9 Å². The monoisotopic (exact) mass is 342 g/mol. The molecule has 0 saturated heterocycles. The fourth-order valence-electron chi connectivity index (χ4n) is 2.33. The van der Waals surface area contributed by atoms with Gasteiger partial charge in [0.1, 0.15) is 0 Å². The van der Waals surface area contributed by atoms with Crippen LogP contribution in [0.25, 0.3) is 0 Å². The molecule has 24 heavy (non-hydrogen) atoms. The summed E-state index contributed by atoms with van der Waals surface area (Å²) in [4.78, 5) is 33.5. The normalized spacial score (nSPS) is 10.4. The van der Waals surface area contributed by atoms with Crippen molar-refractivity contribution in [3.63, 3.8) is 0 Å².